The maximum atomic E-state index is 11.8. The molecule has 1 rings (SSSR count). The van der Waals surface area contributed by atoms with Gasteiger partial charge >= 0.3 is 12.1 Å². The molecule has 7 heteroatoms. The van der Waals surface area contributed by atoms with E-state index in [9.17, 15) is 9.59 Å². The third kappa shape index (κ3) is 6.78. The molecule has 3 unspecified atom stereocenters. The molecule has 0 saturated heterocycles. The van der Waals surface area contributed by atoms with Crippen molar-refractivity contribution in [3.63, 3.8) is 0 Å². The van der Waals surface area contributed by atoms with Gasteiger partial charge in [0, 0.05) is 20.2 Å². The second-order valence-electron chi connectivity index (χ2n) is 7.12. The summed E-state index contributed by atoms with van der Waals surface area (Å²) in [5.41, 5.74) is 6.08. The van der Waals surface area contributed by atoms with Crippen molar-refractivity contribution in [3.05, 3.63) is 0 Å². The standard InChI is InChI=1S/C15H30N2O4Si/c1-5-20-14(18)11-6-7-13(12(16)10-11)17-15(19)21-8-9-22(2,3)4/h11-13H,5-10,16H2,1-4H3,(H,17,19). The first kappa shape index (κ1) is 19.0. The molecule has 1 fully saturated rings. The molecule has 1 saturated carbocycles. The summed E-state index contributed by atoms with van der Waals surface area (Å²) in [4.78, 5) is 23.5. The second-order valence-corrected chi connectivity index (χ2v) is 12.7. The summed E-state index contributed by atoms with van der Waals surface area (Å²) in [6.45, 7) is 9.34. The predicted octanol–water partition coefficient (Wildman–Crippen LogP) is 2.11. The lowest BCUT2D eigenvalue weighted by Gasteiger charge is -2.33. The number of nitrogens with two attached hydrogens (primary N) is 1. The van der Waals surface area contributed by atoms with Crippen LogP contribution in [0.2, 0.25) is 25.7 Å². The van der Waals surface area contributed by atoms with Crippen LogP contribution in [0, 0.1) is 5.92 Å². The number of esters is 1. The fraction of sp³-hybridized carbons (Fsp3) is 0.867. The van der Waals surface area contributed by atoms with E-state index >= 15 is 0 Å². The quantitative estimate of drug-likeness (QED) is 0.575. The summed E-state index contributed by atoms with van der Waals surface area (Å²) >= 11 is 0. The van der Waals surface area contributed by atoms with Crippen molar-refractivity contribution in [2.45, 2.75) is 64.0 Å². The molecule has 1 aliphatic rings. The Morgan fingerprint density at radius 2 is 1.91 bits per heavy atom. The van der Waals surface area contributed by atoms with E-state index in [1.165, 1.54) is 0 Å². The highest BCUT2D eigenvalue weighted by atomic mass is 28.3. The maximum absolute atomic E-state index is 11.8. The normalized spacial score (nSPS) is 25.4. The van der Waals surface area contributed by atoms with Crippen LogP contribution in [-0.2, 0) is 14.3 Å². The summed E-state index contributed by atoms with van der Waals surface area (Å²) in [6.07, 6.45) is 1.49. The summed E-state index contributed by atoms with van der Waals surface area (Å²) in [5.74, 6) is -0.343. The largest absolute Gasteiger partial charge is 0.466 e. The molecule has 1 amide bonds. The first-order valence-corrected chi connectivity index (χ1v) is 11.8. The minimum Gasteiger partial charge on any atom is -0.466 e. The smallest absolute Gasteiger partial charge is 0.407 e. The van der Waals surface area contributed by atoms with Gasteiger partial charge in [0.1, 0.15) is 0 Å². The second kappa shape index (κ2) is 8.52. The number of rotatable bonds is 6. The van der Waals surface area contributed by atoms with Crippen LogP contribution in [0.15, 0.2) is 0 Å². The summed E-state index contributed by atoms with van der Waals surface area (Å²) < 4.78 is 10.2. The first-order chi connectivity index (χ1) is 10.2. The molecular formula is C15H30N2O4Si. The van der Waals surface area contributed by atoms with Crippen molar-refractivity contribution >= 4 is 20.1 Å². The topological polar surface area (TPSA) is 90.6 Å². The lowest BCUT2D eigenvalue weighted by molar-refractivity contribution is -0.149. The van der Waals surface area contributed by atoms with Crippen LogP contribution in [-0.4, -0.2) is 45.4 Å². The van der Waals surface area contributed by atoms with Crippen molar-refractivity contribution in [1.29, 1.82) is 0 Å². The molecule has 3 atom stereocenters. The highest BCUT2D eigenvalue weighted by molar-refractivity contribution is 6.76. The third-order valence-corrected chi connectivity index (χ3v) is 5.61. The van der Waals surface area contributed by atoms with Crippen molar-refractivity contribution < 1.29 is 19.1 Å². The van der Waals surface area contributed by atoms with Crippen LogP contribution in [0.5, 0.6) is 0 Å². The van der Waals surface area contributed by atoms with Gasteiger partial charge in [0.2, 0.25) is 0 Å². The van der Waals surface area contributed by atoms with Gasteiger partial charge in [-0.3, -0.25) is 4.79 Å². The molecule has 3 N–H and O–H groups in total. The monoisotopic (exact) mass is 330 g/mol. The number of nitrogens with one attached hydrogen (secondary N) is 1. The molecule has 128 valence electrons. The van der Waals surface area contributed by atoms with Crippen LogP contribution >= 0.6 is 0 Å². The number of ether oxygens (including phenoxy) is 2. The predicted molar refractivity (Wildman–Crippen MR) is 88.4 cm³/mol. The Balaban J connectivity index is 2.33. The molecule has 1 aliphatic carbocycles. The average molecular weight is 331 g/mol. The van der Waals surface area contributed by atoms with E-state index in [2.05, 4.69) is 25.0 Å². The van der Waals surface area contributed by atoms with E-state index in [0.29, 0.717) is 32.5 Å². The van der Waals surface area contributed by atoms with Gasteiger partial charge in [-0.15, -0.1) is 0 Å². The van der Waals surface area contributed by atoms with Crippen LogP contribution < -0.4 is 11.1 Å². The Bertz CT molecular complexity index is 384. The van der Waals surface area contributed by atoms with E-state index in [0.717, 1.165) is 6.04 Å². The Labute approximate surface area is 134 Å². The van der Waals surface area contributed by atoms with Crippen molar-refractivity contribution in [2.75, 3.05) is 13.2 Å². The molecule has 22 heavy (non-hydrogen) atoms. The highest BCUT2D eigenvalue weighted by Crippen LogP contribution is 2.25. The Morgan fingerprint density at radius 3 is 2.45 bits per heavy atom. The first-order valence-electron chi connectivity index (χ1n) is 8.08. The number of amides is 1. The number of hydrogen-bond donors (Lipinski definition) is 2. The minimum atomic E-state index is -1.20. The molecule has 0 aromatic rings. The molecule has 0 aromatic carbocycles. The Hall–Kier alpha value is -1.08. The van der Waals surface area contributed by atoms with Crippen LogP contribution in [0.4, 0.5) is 4.79 Å². The molecule has 0 aliphatic heterocycles. The van der Waals surface area contributed by atoms with Gasteiger partial charge in [0.15, 0.2) is 0 Å². The van der Waals surface area contributed by atoms with Gasteiger partial charge in [-0.2, -0.15) is 0 Å². The number of carbonyl (C=O) groups excluding carboxylic acids is 2. The Morgan fingerprint density at radius 1 is 1.23 bits per heavy atom. The molecule has 0 spiro atoms. The minimum absolute atomic E-state index is 0.134. The van der Waals surface area contributed by atoms with E-state index < -0.39 is 14.2 Å². The molecule has 0 radical (unpaired) electrons. The van der Waals surface area contributed by atoms with Crippen LogP contribution in [0.25, 0.3) is 0 Å². The van der Waals surface area contributed by atoms with Gasteiger partial charge < -0.3 is 20.5 Å². The summed E-state index contributed by atoms with van der Waals surface area (Å²) in [6, 6.07) is 0.569. The molecule has 0 heterocycles. The maximum Gasteiger partial charge on any atom is 0.407 e. The van der Waals surface area contributed by atoms with Gasteiger partial charge in [-0.25, -0.2) is 4.79 Å². The van der Waals surface area contributed by atoms with Crippen LogP contribution in [0.3, 0.4) is 0 Å². The Kier molecular flexibility index (Phi) is 7.35. The lowest BCUT2D eigenvalue weighted by atomic mass is 9.83. The molecule has 0 aromatic heterocycles. The zero-order valence-corrected chi connectivity index (χ0v) is 15.2. The van der Waals surface area contributed by atoms with Crippen molar-refractivity contribution in [3.8, 4) is 0 Å². The van der Waals surface area contributed by atoms with E-state index in [1.54, 1.807) is 6.92 Å². The van der Waals surface area contributed by atoms with Gasteiger partial charge in [0.25, 0.3) is 0 Å². The molecular weight excluding hydrogens is 300 g/mol. The van der Waals surface area contributed by atoms with Gasteiger partial charge in [-0.05, 0) is 32.2 Å². The van der Waals surface area contributed by atoms with E-state index in [4.69, 9.17) is 15.2 Å². The van der Waals surface area contributed by atoms with Crippen LogP contribution in [0.1, 0.15) is 26.2 Å². The SMILES string of the molecule is CCOC(=O)C1CCC(NC(=O)OCC[Si](C)(C)C)C(N)C1. The zero-order valence-electron chi connectivity index (χ0n) is 14.2. The molecule has 6 nitrogen and oxygen atoms in total. The lowest BCUT2D eigenvalue weighted by Crippen LogP contribution is -2.52. The third-order valence-electron chi connectivity index (χ3n) is 3.91. The number of hydrogen-bond acceptors (Lipinski definition) is 5. The number of carbonyl (C=O) groups is 2. The highest BCUT2D eigenvalue weighted by Gasteiger charge is 2.33. The van der Waals surface area contributed by atoms with E-state index in [-0.39, 0.29) is 24.0 Å². The summed E-state index contributed by atoms with van der Waals surface area (Å²) in [7, 11) is -1.20. The summed E-state index contributed by atoms with van der Waals surface area (Å²) in [5, 5.41) is 2.82. The van der Waals surface area contributed by atoms with Crippen molar-refractivity contribution in [2.24, 2.45) is 11.7 Å². The van der Waals surface area contributed by atoms with E-state index in [1.807, 2.05) is 0 Å². The van der Waals surface area contributed by atoms with Gasteiger partial charge in [-0.1, -0.05) is 19.6 Å². The average Bonchev–Trinajstić information content (AvgIpc) is 2.39. The fourth-order valence-electron chi connectivity index (χ4n) is 2.50. The zero-order chi connectivity index (χ0) is 16.8. The van der Waals surface area contributed by atoms with Crippen molar-refractivity contribution in [1.82, 2.24) is 5.32 Å². The fourth-order valence-corrected chi connectivity index (χ4v) is 3.22. The number of alkyl carbamates (subject to hydrolysis) is 1. The van der Waals surface area contributed by atoms with Gasteiger partial charge in [0.05, 0.1) is 19.1 Å². The molecule has 0 bridgehead atoms.